The van der Waals surface area contributed by atoms with Crippen LogP contribution >= 0.6 is 11.3 Å². The molecule has 9 heteroatoms. The maximum absolute atomic E-state index is 12.8. The molecular weight excluding hydrogens is 392 g/mol. The van der Waals surface area contributed by atoms with Crippen LogP contribution in [-0.4, -0.2) is 42.0 Å². The van der Waals surface area contributed by atoms with Crippen LogP contribution in [0.1, 0.15) is 37.7 Å². The molecular formula is C20H24N4O4S. The van der Waals surface area contributed by atoms with Crippen molar-refractivity contribution >= 4 is 45.6 Å². The van der Waals surface area contributed by atoms with Gasteiger partial charge in [0.1, 0.15) is 6.54 Å². The molecule has 1 atom stereocenters. The molecule has 1 aliphatic heterocycles. The summed E-state index contributed by atoms with van der Waals surface area (Å²) in [6.45, 7) is 6.40. The van der Waals surface area contributed by atoms with E-state index in [0.29, 0.717) is 22.4 Å². The van der Waals surface area contributed by atoms with Gasteiger partial charge in [-0.05, 0) is 31.4 Å². The Labute approximate surface area is 173 Å². The number of hydrogen-bond acceptors (Lipinski definition) is 7. The summed E-state index contributed by atoms with van der Waals surface area (Å²) in [4.78, 5) is 42.7. The van der Waals surface area contributed by atoms with Gasteiger partial charge in [-0.3, -0.25) is 14.5 Å². The molecule has 0 radical (unpaired) electrons. The van der Waals surface area contributed by atoms with E-state index >= 15 is 0 Å². The van der Waals surface area contributed by atoms with Crippen LogP contribution in [0.2, 0.25) is 0 Å². The van der Waals surface area contributed by atoms with Crippen LogP contribution in [0.25, 0.3) is 0 Å². The zero-order chi connectivity index (χ0) is 21.0. The number of carbonyl (C=O) groups excluding carboxylic acids is 3. The standard InChI is InChI=1S/C20H24N4O4S/c1-12(2)8-9-21-20-23-15(11-29-20)19(27)28-13(3)18(26)24-10-17(25)22-14-6-4-5-7-16(14)24/h4-7,11-13H,8-10H2,1-3H3,(H,21,23)(H,22,25)/t13-/m1/s1. The molecule has 2 heterocycles. The topological polar surface area (TPSA) is 101 Å². The Bertz CT molecular complexity index is 911. The highest BCUT2D eigenvalue weighted by Crippen LogP contribution is 2.29. The number of benzene rings is 1. The Morgan fingerprint density at radius 1 is 1.31 bits per heavy atom. The summed E-state index contributed by atoms with van der Waals surface area (Å²) in [5.41, 5.74) is 1.27. The number of aromatic nitrogens is 1. The van der Waals surface area contributed by atoms with Crippen LogP contribution < -0.4 is 15.5 Å². The SMILES string of the molecule is CC(C)CCNc1nc(C(=O)O[C@H](C)C(=O)N2CC(=O)Nc3ccccc32)cs1. The minimum absolute atomic E-state index is 0.127. The van der Waals surface area contributed by atoms with Crippen LogP contribution in [0, 0.1) is 5.92 Å². The summed E-state index contributed by atoms with van der Waals surface area (Å²) in [7, 11) is 0. The van der Waals surface area contributed by atoms with Crippen molar-refractivity contribution in [3.8, 4) is 0 Å². The Balaban J connectivity index is 1.62. The first-order valence-electron chi connectivity index (χ1n) is 9.45. The van der Waals surface area contributed by atoms with Crippen molar-refractivity contribution in [2.75, 3.05) is 28.6 Å². The summed E-state index contributed by atoms with van der Waals surface area (Å²) in [6, 6.07) is 6.99. The molecule has 0 saturated heterocycles. The van der Waals surface area contributed by atoms with Crippen molar-refractivity contribution in [2.45, 2.75) is 33.3 Å². The van der Waals surface area contributed by atoms with E-state index in [1.165, 1.54) is 23.2 Å². The maximum Gasteiger partial charge on any atom is 0.358 e. The number of rotatable bonds is 7. The van der Waals surface area contributed by atoms with E-state index in [9.17, 15) is 14.4 Å². The van der Waals surface area contributed by atoms with Gasteiger partial charge >= 0.3 is 5.97 Å². The number of esters is 1. The maximum atomic E-state index is 12.8. The van der Waals surface area contributed by atoms with Crippen molar-refractivity contribution in [3.05, 3.63) is 35.3 Å². The Morgan fingerprint density at radius 2 is 2.07 bits per heavy atom. The molecule has 8 nitrogen and oxygen atoms in total. The molecule has 3 rings (SSSR count). The van der Waals surface area contributed by atoms with Gasteiger partial charge in [0.05, 0.1) is 11.4 Å². The third kappa shape index (κ3) is 5.11. The second-order valence-corrected chi connectivity index (χ2v) is 8.04. The van der Waals surface area contributed by atoms with Crippen LogP contribution in [0.5, 0.6) is 0 Å². The van der Waals surface area contributed by atoms with E-state index in [4.69, 9.17) is 4.74 Å². The zero-order valence-corrected chi connectivity index (χ0v) is 17.4. The average molecular weight is 417 g/mol. The minimum atomic E-state index is -1.06. The van der Waals surface area contributed by atoms with Gasteiger partial charge in [-0.2, -0.15) is 0 Å². The number of nitrogens with one attached hydrogen (secondary N) is 2. The molecule has 2 aromatic rings. The van der Waals surface area contributed by atoms with E-state index in [2.05, 4.69) is 29.5 Å². The first kappa shape index (κ1) is 20.8. The summed E-state index contributed by atoms with van der Waals surface area (Å²) in [6.07, 6.45) is -0.0593. The van der Waals surface area contributed by atoms with Gasteiger partial charge in [-0.1, -0.05) is 26.0 Å². The number of carbonyl (C=O) groups is 3. The smallest absolute Gasteiger partial charge is 0.358 e. The zero-order valence-electron chi connectivity index (χ0n) is 16.6. The number of fused-ring (bicyclic) bond motifs is 1. The van der Waals surface area contributed by atoms with Crippen molar-refractivity contribution in [2.24, 2.45) is 5.92 Å². The van der Waals surface area contributed by atoms with Crippen molar-refractivity contribution in [1.82, 2.24) is 4.98 Å². The number of para-hydroxylation sites is 2. The first-order valence-corrected chi connectivity index (χ1v) is 10.3. The summed E-state index contributed by atoms with van der Waals surface area (Å²) in [5, 5.41) is 8.13. The Morgan fingerprint density at radius 3 is 2.83 bits per heavy atom. The van der Waals surface area contributed by atoms with Gasteiger partial charge in [0.25, 0.3) is 5.91 Å². The lowest BCUT2D eigenvalue weighted by Gasteiger charge is -2.30. The number of anilines is 3. The fourth-order valence-electron chi connectivity index (χ4n) is 2.84. The molecule has 0 unspecified atom stereocenters. The Kier molecular flexibility index (Phi) is 6.48. The molecule has 2 amide bonds. The van der Waals surface area contributed by atoms with Crippen LogP contribution in [0.4, 0.5) is 16.5 Å². The van der Waals surface area contributed by atoms with Gasteiger partial charge in [0, 0.05) is 11.9 Å². The van der Waals surface area contributed by atoms with Gasteiger partial charge in [-0.15, -0.1) is 11.3 Å². The summed E-state index contributed by atoms with van der Waals surface area (Å²) in [5.74, 6) is -0.868. The monoisotopic (exact) mass is 416 g/mol. The number of amides is 2. The fourth-order valence-corrected chi connectivity index (χ4v) is 3.55. The second-order valence-electron chi connectivity index (χ2n) is 7.18. The molecule has 0 bridgehead atoms. The van der Waals surface area contributed by atoms with E-state index in [1.807, 2.05) is 0 Å². The third-order valence-corrected chi connectivity index (χ3v) is 5.18. The fraction of sp³-hybridized carbons (Fsp3) is 0.400. The van der Waals surface area contributed by atoms with E-state index in [-0.39, 0.29) is 18.1 Å². The van der Waals surface area contributed by atoms with Gasteiger partial charge in [0.2, 0.25) is 5.91 Å². The number of nitrogens with zero attached hydrogens (tertiary/aromatic N) is 2. The minimum Gasteiger partial charge on any atom is -0.448 e. The molecule has 1 aromatic carbocycles. The van der Waals surface area contributed by atoms with Crippen molar-refractivity contribution in [3.63, 3.8) is 0 Å². The highest BCUT2D eigenvalue weighted by molar-refractivity contribution is 7.13. The van der Waals surface area contributed by atoms with Crippen LogP contribution in [-0.2, 0) is 14.3 Å². The molecule has 0 aliphatic carbocycles. The van der Waals surface area contributed by atoms with Crippen molar-refractivity contribution < 1.29 is 19.1 Å². The summed E-state index contributed by atoms with van der Waals surface area (Å²) < 4.78 is 5.31. The van der Waals surface area contributed by atoms with E-state index in [0.717, 1.165) is 13.0 Å². The lowest BCUT2D eigenvalue weighted by atomic mass is 10.1. The molecule has 1 aliphatic rings. The van der Waals surface area contributed by atoms with Crippen molar-refractivity contribution in [1.29, 1.82) is 0 Å². The lowest BCUT2D eigenvalue weighted by molar-refractivity contribution is -0.128. The van der Waals surface area contributed by atoms with E-state index in [1.54, 1.807) is 29.6 Å². The van der Waals surface area contributed by atoms with Gasteiger partial charge < -0.3 is 15.4 Å². The van der Waals surface area contributed by atoms with E-state index < -0.39 is 18.0 Å². The quantitative estimate of drug-likeness (QED) is 0.673. The third-order valence-electron chi connectivity index (χ3n) is 4.38. The lowest BCUT2D eigenvalue weighted by Crippen LogP contribution is -2.47. The number of ether oxygens (including phenoxy) is 1. The highest BCUT2D eigenvalue weighted by atomic mass is 32.1. The van der Waals surface area contributed by atoms with Gasteiger partial charge in [-0.25, -0.2) is 9.78 Å². The van der Waals surface area contributed by atoms with Crippen LogP contribution in [0.3, 0.4) is 0 Å². The first-order chi connectivity index (χ1) is 13.8. The molecule has 0 spiro atoms. The Hall–Kier alpha value is -2.94. The normalized spacial score (nSPS) is 14.2. The molecule has 29 heavy (non-hydrogen) atoms. The van der Waals surface area contributed by atoms with Crippen LogP contribution in [0.15, 0.2) is 29.6 Å². The highest BCUT2D eigenvalue weighted by Gasteiger charge is 2.31. The molecule has 1 aromatic heterocycles. The predicted molar refractivity (Wildman–Crippen MR) is 112 cm³/mol. The molecule has 0 saturated carbocycles. The second kappa shape index (κ2) is 9.04. The predicted octanol–water partition coefficient (Wildman–Crippen LogP) is 3.13. The number of thiazole rings is 1. The van der Waals surface area contributed by atoms with Gasteiger partial charge in [0.15, 0.2) is 16.9 Å². The number of hydrogen-bond donors (Lipinski definition) is 2. The largest absolute Gasteiger partial charge is 0.448 e. The summed E-state index contributed by atoms with van der Waals surface area (Å²) >= 11 is 1.31. The molecule has 154 valence electrons. The molecule has 0 fully saturated rings. The molecule has 2 N–H and O–H groups in total. The average Bonchev–Trinajstić information content (AvgIpc) is 3.15.